The van der Waals surface area contributed by atoms with Gasteiger partial charge in [-0.25, -0.2) is 15.0 Å². The number of aromatic nitrogens is 3. The van der Waals surface area contributed by atoms with E-state index in [1.54, 1.807) is 0 Å². The fraction of sp³-hybridized carbons (Fsp3) is 0.0656. The van der Waals surface area contributed by atoms with E-state index in [1.807, 2.05) is 24.3 Å². The minimum atomic E-state index is -0.602. The van der Waals surface area contributed by atoms with Crippen molar-refractivity contribution >= 4 is 0 Å². The molecule has 0 atom stereocenters. The standard InChI is InChI=1S/C61H43N3/c1-60(2)53-29-17-15-27-47(53)49-36-35-44(37-55(49)60)50-38-51-48-28-16-18-30-54(48)61(45-23-11-5-12-24-45,46-25-13-6-14-26-46)56(51)39-52(50)59-63-57(42-21-9-4-10-22-42)62-58(64-59)43-33-31-41(32-34-43)40-19-7-3-8-20-40/h3-39H,1-2H3. The van der Waals surface area contributed by atoms with Crippen molar-refractivity contribution in [3.05, 3.63) is 258 Å². The lowest BCUT2D eigenvalue weighted by atomic mass is 9.67. The Morgan fingerprint density at radius 3 is 1.33 bits per heavy atom. The Hall–Kier alpha value is -8.01. The average molecular weight is 818 g/mol. The van der Waals surface area contributed by atoms with E-state index in [9.17, 15) is 0 Å². The highest BCUT2D eigenvalue weighted by molar-refractivity contribution is 5.95. The predicted molar refractivity (Wildman–Crippen MR) is 262 cm³/mol. The lowest BCUT2D eigenvalue weighted by molar-refractivity contribution is 0.660. The molecule has 0 N–H and O–H groups in total. The maximum absolute atomic E-state index is 5.47. The van der Waals surface area contributed by atoms with Crippen molar-refractivity contribution in [1.29, 1.82) is 0 Å². The number of hydrogen-bond acceptors (Lipinski definition) is 3. The fourth-order valence-corrected chi connectivity index (χ4v) is 10.6. The molecule has 12 rings (SSSR count). The highest BCUT2D eigenvalue weighted by Gasteiger charge is 2.47. The second kappa shape index (κ2) is 14.8. The first kappa shape index (κ1) is 37.7. The second-order valence-corrected chi connectivity index (χ2v) is 17.5. The maximum Gasteiger partial charge on any atom is 0.164 e. The summed E-state index contributed by atoms with van der Waals surface area (Å²) in [5.41, 5.74) is 19.1. The van der Waals surface area contributed by atoms with Crippen molar-refractivity contribution in [1.82, 2.24) is 15.0 Å². The van der Waals surface area contributed by atoms with Gasteiger partial charge in [0.2, 0.25) is 0 Å². The molecule has 0 radical (unpaired) electrons. The van der Waals surface area contributed by atoms with Crippen LogP contribution in [0.5, 0.6) is 0 Å². The molecule has 0 bridgehead atoms. The van der Waals surface area contributed by atoms with Crippen LogP contribution in [-0.4, -0.2) is 15.0 Å². The molecule has 1 aromatic heterocycles. The zero-order valence-corrected chi connectivity index (χ0v) is 35.7. The van der Waals surface area contributed by atoms with Gasteiger partial charge in [0.25, 0.3) is 0 Å². The molecule has 0 saturated heterocycles. The fourth-order valence-electron chi connectivity index (χ4n) is 10.6. The van der Waals surface area contributed by atoms with Crippen molar-refractivity contribution in [3.63, 3.8) is 0 Å². The first-order chi connectivity index (χ1) is 31.5. The first-order valence-electron chi connectivity index (χ1n) is 22.1. The monoisotopic (exact) mass is 817 g/mol. The predicted octanol–water partition coefficient (Wildman–Crippen LogP) is 14.9. The molecular formula is C61H43N3. The SMILES string of the molecule is CC1(C)c2ccccc2-c2ccc(-c3cc4c(cc3-c3nc(-c5ccccc5)nc(-c5ccc(-c6ccccc6)cc5)n3)C(c3ccccc3)(c3ccccc3)c3ccccc3-4)cc21. The number of fused-ring (bicyclic) bond motifs is 6. The van der Waals surface area contributed by atoms with E-state index in [2.05, 4.69) is 214 Å². The van der Waals surface area contributed by atoms with Crippen LogP contribution in [0.15, 0.2) is 224 Å². The Labute approximate surface area is 374 Å². The van der Waals surface area contributed by atoms with Crippen molar-refractivity contribution in [3.8, 4) is 78.7 Å². The third-order valence-corrected chi connectivity index (χ3v) is 13.6. The Balaban J connectivity index is 1.16. The zero-order chi connectivity index (χ0) is 42.8. The summed E-state index contributed by atoms with van der Waals surface area (Å²) in [6, 6.07) is 81.0. The van der Waals surface area contributed by atoms with Crippen molar-refractivity contribution in [2.45, 2.75) is 24.7 Å². The molecule has 0 aliphatic heterocycles. The van der Waals surface area contributed by atoms with Crippen molar-refractivity contribution in [2.24, 2.45) is 0 Å². The van der Waals surface area contributed by atoms with Gasteiger partial charge in [0.1, 0.15) is 0 Å². The van der Waals surface area contributed by atoms with E-state index < -0.39 is 5.41 Å². The van der Waals surface area contributed by atoms with E-state index in [4.69, 9.17) is 15.0 Å². The molecule has 3 nitrogen and oxygen atoms in total. The maximum atomic E-state index is 5.47. The highest BCUT2D eigenvalue weighted by Crippen LogP contribution is 2.58. The van der Waals surface area contributed by atoms with Gasteiger partial charge in [0, 0.05) is 22.1 Å². The van der Waals surface area contributed by atoms with E-state index in [0.717, 1.165) is 33.4 Å². The minimum Gasteiger partial charge on any atom is -0.208 e. The summed E-state index contributed by atoms with van der Waals surface area (Å²) in [7, 11) is 0. The minimum absolute atomic E-state index is 0.173. The summed E-state index contributed by atoms with van der Waals surface area (Å²) in [5, 5.41) is 0. The Morgan fingerprint density at radius 1 is 0.266 bits per heavy atom. The lowest BCUT2D eigenvalue weighted by Crippen LogP contribution is -2.28. The van der Waals surface area contributed by atoms with Gasteiger partial charge in [-0.3, -0.25) is 0 Å². The molecule has 0 saturated carbocycles. The Bertz CT molecular complexity index is 3340. The van der Waals surface area contributed by atoms with Gasteiger partial charge in [-0.05, 0) is 96.1 Å². The molecule has 9 aromatic carbocycles. The largest absolute Gasteiger partial charge is 0.208 e. The van der Waals surface area contributed by atoms with Gasteiger partial charge in [0.15, 0.2) is 17.5 Å². The van der Waals surface area contributed by atoms with Crippen molar-refractivity contribution in [2.75, 3.05) is 0 Å². The zero-order valence-electron chi connectivity index (χ0n) is 35.7. The molecular weight excluding hydrogens is 775 g/mol. The van der Waals surface area contributed by atoms with Crippen LogP contribution in [0.25, 0.3) is 78.7 Å². The van der Waals surface area contributed by atoms with E-state index in [1.165, 1.54) is 61.2 Å². The van der Waals surface area contributed by atoms with Crippen LogP contribution < -0.4 is 0 Å². The Morgan fingerprint density at radius 2 is 0.703 bits per heavy atom. The van der Waals surface area contributed by atoms with Crippen LogP contribution in [0.4, 0.5) is 0 Å². The summed E-state index contributed by atoms with van der Waals surface area (Å²) in [5.74, 6) is 1.88. The van der Waals surface area contributed by atoms with Crippen LogP contribution in [0, 0.1) is 0 Å². The van der Waals surface area contributed by atoms with E-state index in [0.29, 0.717) is 17.5 Å². The molecule has 2 aliphatic rings. The van der Waals surface area contributed by atoms with Gasteiger partial charge in [0.05, 0.1) is 5.41 Å². The normalized spacial score (nSPS) is 13.7. The number of nitrogens with zero attached hydrogens (tertiary/aromatic N) is 3. The quantitative estimate of drug-likeness (QED) is 0.161. The highest BCUT2D eigenvalue weighted by atomic mass is 15.0. The van der Waals surface area contributed by atoms with Crippen LogP contribution in [0.2, 0.25) is 0 Å². The molecule has 0 spiro atoms. The molecule has 302 valence electrons. The summed E-state index contributed by atoms with van der Waals surface area (Å²) in [6.45, 7) is 4.70. The lowest BCUT2D eigenvalue weighted by Gasteiger charge is -2.34. The molecule has 64 heavy (non-hydrogen) atoms. The topological polar surface area (TPSA) is 38.7 Å². The molecule has 0 fully saturated rings. The molecule has 3 heteroatoms. The Kier molecular flexibility index (Phi) is 8.74. The van der Waals surface area contributed by atoms with Crippen LogP contribution >= 0.6 is 0 Å². The summed E-state index contributed by atoms with van der Waals surface area (Å²) < 4.78 is 0. The molecule has 0 unspecified atom stereocenters. The van der Waals surface area contributed by atoms with Gasteiger partial charge in [-0.1, -0.05) is 220 Å². The third kappa shape index (κ3) is 5.85. The van der Waals surface area contributed by atoms with Gasteiger partial charge < -0.3 is 0 Å². The smallest absolute Gasteiger partial charge is 0.164 e. The summed E-state index contributed by atoms with van der Waals surface area (Å²) >= 11 is 0. The molecule has 2 aliphatic carbocycles. The second-order valence-electron chi connectivity index (χ2n) is 17.5. The number of rotatable bonds is 7. The van der Waals surface area contributed by atoms with E-state index >= 15 is 0 Å². The first-order valence-corrected chi connectivity index (χ1v) is 22.1. The molecule has 10 aromatic rings. The van der Waals surface area contributed by atoms with Crippen LogP contribution in [0.1, 0.15) is 47.2 Å². The van der Waals surface area contributed by atoms with Gasteiger partial charge in [-0.15, -0.1) is 0 Å². The van der Waals surface area contributed by atoms with E-state index in [-0.39, 0.29) is 5.41 Å². The summed E-state index contributed by atoms with van der Waals surface area (Å²) in [6.07, 6.45) is 0. The third-order valence-electron chi connectivity index (χ3n) is 13.6. The van der Waals surface area contributed by atoms with Crippen LogP contribution in [0.3, 0.4) is 0 Å². The van der Waals surface area contributed by atoms with Gasteiger partial charge >= 0.3 is 0 Å². The number of hydrogen-bond donors (Lipinski definition) is 0. The van der Waals surface area contributed by atoms with Gasteiger partial charge in [-0.2, -0.15) is 0 Å². The molecule has 1 heterocycles. The summed E-state index contributed by atoms with van der Waals surface area (Å²) in [4.78, 5) is 16.1. The van der Waals surface area contributed by atoms with Crippen LogP contribution in [-0.2, 0) is 10.8 Å². The molecule has 0 amide bonds. The van der Waals surface area contributed by atoms with Crippen molar-refractivity contribution < 1.29 is 0 Å². The number of benzene rings is 9. The average Bonchev–Trinajstić information content (AvgIpc) is 3.79.